The summed E-state index contributed by atoms with van der Waals surface area (Å²) >= 11 is 1.31. The molecule has 2 heterocycles. The maximum atomic E-state index is 12.7. The second-order valence-electron chi connectivity index (χ2n) is 5.65. The minimum atomic E-state index is -4.83. The number of alkyl halides is 3. The molecule has 1 aromatic rings. The molecule has 0 bridgehead atoms. The zero-order chi connectivity index (χ0) is 16.2. The van der Waals surface area contributed by atoms with Crippen LogP contribution in [0.15, 0.2) is 11.7 Å². The van der Waals surface area contributed by atoms with Crippen LogP contribution in [0.25, 0.3) is 0 Å². The van der Waals surface area contributed by atoms with E-state index in [-0.39, 0.29) is 6.42 Å². The fourth-order valence-electron chi connectivity index (χ4n) is 2.83. The van der Waals surface area contributed by atoms with Gasteiger partial charge in [-0.25, -0.2) is 0 Å². The van der Waals surface area contributed by atoms with E-state index >= 15 is 0 Å². The lowest BCUT2D eigenvalue weighted by molar-refractivity contribution is -0.302. The van der Waals surface area contributed by atoms with Crippen LogP contribution in [0, 0.1) is 0 Å². The first kappa shape index (κ1) is 15.2. The van der Waals surface area contributed by atoms with Crippen molar-refractivity contribution in [1.82, 2.24) is 15.6 Å². The summed E-state index contributed by atoms with van der Waals surface area (Å²) in [5, 5.41) is 14.3. The topological polar surface area (TPSA) is 91.3 Å². The molecule has 10 heteroatoms. The third-order valence-electron chi connectivity index (χ3n) is 4.02. The maximum Gasteiger partial charge on any atom is 0.417 e. The van der Waals surface area contributed by atoms with Crippen molar-refractivity contribution < 1.29 is 27.9 Å². The molecule has 1 aliphatic carbocycles. The number of piperazine rings is 1. The van der Waals surface area contributed by atoms with E-state index in [2.05, 4.69) is 15.6 Å². The molecular formula is C12H12F3N3O3S. The van der Waals surface area contributed by atoms with Crippen LogP contribution < -0.4 is 10.6 Å². The van der Waals surface area contributed by atoms with Gasteiger partial charge in [0.25, 0.3) is 0 Å². The van der Waals surface area contributed by atoms with Crippen LogP contribution in [0.2, 0.25) is 0 Å². The number of carbonyl (C=O) groups excluding carboxylic acids is 2. The van der Waals surface area contributed by atoms with Gasteiger partial charge in [0.1, 0.15) is 11.6 Å². The van der Waals surface area contributed by atoms with E-state index in [4.69, 9.17) is 0 Å². The fraction of sp³-hybridized carbons (Fsp3) is 0.583. The van der Waals surface area contributed by atoms with Crippen molar-refractivity contribution in [3.05, 3.63) is 16.6 Å². The van der Waals surface area contributed by atoms with Gasteiger partial charge in [-0.1, -0.05) is 0 Å². The Bertz CT molecular complexity index is 611. The molecule has 1 aliphatic heterocycles. The largest absolute Gasteiger partial charge is 0.417 e. The molecule has 1 saturated carbocycles. The Morgan fingerprint density at radius 3 is 2.64 bits per heavy atom. The quantitative estimate of drug-likeness (QED) is 0.716. The Labute approximate surface area is 126 Å². The third-order valence-corrected chi connectivity index (χ3v) is 4.83. The van der Waals surface area contributed by atoms with Gasteiger partial charge in [-0.2, -0.15) is 13.2 Å². The Balaban J connectivity index is 1.70. The molecule has 1 aromatic heterocycles. The molecule has 1 saturated heterocycles. The smallest absolute Gasteiger partial charge is 0.380 e. The first-order chi connectivity index (χ1) is 10.2. The zero-order valence-electron chi connectivity index (χ0n) is 11.1. The molecule has 1 spiro atoms. The summed E-state index contributed by atoms with van der Waals surface area (Å²) in [5.74, 6) is -1.26. The fourth-order valence-corrected chi connectivity index (χ4v) is 3.47. The number of nitrogens with one attached hydrogen (secondary N) is 2. The number of aromatic nitrogens is 1. The predicted molar refractivity (Wildman–Crippen MR) is 68.9 cm³/mol. The third kappa shape index (κ3) is 2.26. The van der Waals surface area contributed by atoms with Gasteiger partial charge in [-0.05, 0) is 0 Å². The molecule has 1 unspecified atom stereocenters. The van der Waals surface area contributed by atoms with Gasteiger partial charge < -0.3 is 15.7 Å². The number of hydrogen-bond acceptors (Lipinski definition) is 5. The Kier molecular flexibility index (Phi) is 3.22. The van der Waals surface area contributed by atoms with Crippen LogP contribution in [0.3, 0.4) is 0 Å². The van der Waals surface area contributed by atoms with E-state index in [0.717, 1.165) is 4.88 Å². The van der Waals surface area contributed by atoms with Crippen molar-refractivity contribution in [2.24, 2.45) is 0 Å². The molecular weight excluding hydrogens is 323 g/mol. The summed E-state index contributed by atoms with van der Waals surface area (Å²) in [6.45, 7) is 0. The van der Waals surface area contributed by atoms with E-state index < -0.39 is 48.0 Å². The Morgan fingerprint density at radius 1 is 1.41 bits per heavy atom. The van der Waals surface area contributed by atoms with Crippen molar-refractivity contribution >= 4 is 23.2 Å². The molecule has 3 rings (SSSR count). The number of thiazole rings is 1. The molecule has 2 amide bonds. The van der Waals surface area contributed by atoms with Crippen LogP contribution in [0.1, 0.15) is 17.7 Å². The summed E-state index contributed by atoms with van der Waals surface area (Å²) in [4.78, 5) is 28.7. The van der Waals surface area contributed by atoms with Crippen LogP contribution in [-0.2, 0) is 16.0 Å². The average Bonchev–Trinajstić information content (AvgIpc) is 2.85. The average molecular weight is 335 g/mol. The summed E-state index contributed by atoms with van der Waals surface area (Å²) < 4.78 is 38.0. The van der Waals surface area contributed by atoms with Crippen molar-refractivity contribution in [3.8, 4) is 0 Å². The standard InChI is InChI=1S/C12H12F3N3O3S/c13-12(14,15)11(21)3-10(4-11)9(20)17-7(8(19)18-10)1-6-2-16-5-22-6/h2,5,7,21H,1,3-4H2,(H,17,20)(H,18,19). The number of hydrogen-bond donors (Lipinski definition) is 3. The highest BCUT2D eigenvalue weighted by Gasteiger charge is 2.71. The van der Waals surface area contributed by atoms with Gasteiger partial charge in [0, 0.05) is 30.3 Å². The molecule has 1 atom stereocenters. The summed E-state index contributed by atoms with van der Waals surface area (Å²) in [6.07, 6.45) is -4.78. The number of nitrogens with zero attached hydrogens (tertiary/aromatic N) is 1. The van der Waals surface area contributed by atoms with Crippen molar-refractivity contribution in [2.75, 3.05) is 0 Å². The van der Waals surface area contributed by atoms with Crippen molar-refractivity contribution in [1.29, 1.82) is 0 Å². The number of rotatable bonds is 2. The van der Waals surface area contributed by atoms with Crippen molar-refractivity contribution in [3.63, 3.8) is 0 Å². The maximum absolute atomic E-state index is 12.7. The first-order valence-corrected chi connectivity index (χ1v) is 7.33. The highest BCUT2D eigenvalue weighted by Crippen LogP contribution is 2.51. The molecule has 0 radical (unpaired) electrons. The highest BCUT2D eigenvalue weighted by molar-refractivity contribution is 7.09. The van der Waals surface area contributed by atoms with Crippen LogP contribution in [0.4, 0.5) is 13.2 Å². The highest BCUT2D eigenvalue weighted by atomic mass is 32.1. The van der Waals surface area contributed by atoms with E-state index in [1.165, 1.54) is 11.3 Å². The van der Waals surface area contributed by atoms with Gasteiger partial charge in [0.2, 0.25) is 11.8 Å². The summed E-state index contributed by atoms with van der Waals surface area (Å²) in [7, 11) is 0. The molecule has 2 fully saturated rings. The SMILES string of the molecule is O=C1NC2(CC(O)(C(F)(F)F)C2)C(=O)NC1Cc1cncs1. The molecule has 120 valence electrons. The van der Waals surface area contributed by atoms with Gasteiger partial charge >= 0.3 is 6.18 Å². The lowest BCUT2D eigenvalue weighted by atomic mass is 9.63. The van der Waals surface area contributed by atoms with Gasteiger partial charge in [0.05, 0.1) is 5.51 Å². The van der Waals surface area contributed by atoms with E-state index in [1.54, 1.807) is 11.7 Å². The van der Waals surface area contributed by atoms with Gasteiger partial charge in [0.15, 0.2) is 5.60 Å². The van der Waals surface area contributed by atoms with Gasteiger partial charge in [-0.3, -0.25) is 14.6 Å². The normalized spacial score (nSPS) is 35.0. The molecule has 2 aliphatic rings. The van der Waals surface area contributed by atoms with Crippen LogP contribution in [0.5, 0.6) is 0 Å². The lowest BCUT2D eigenvalue weighted by Crippen LogP contribution is -2.80. The summed E-state index contributed by atoms with van der Waals surface area (Å²) in [5.41, 5.74) is -3.03. The lowest BCUT2D eigenvalue weighted by Gasteiger charge is -2.54. The molecule has 22 heavy (non-hydrogen) atoms. The van der Waals surface area contributed by atoms with Gasteiger partial charge in [-0.15, -0.1) is 11.3 Å². The molecule has 3 N–H and O–H groups in total. The molecule has 6 nitrogen and oxygen atoms in total. The summed E-state index contributed by atoms with van der Waals surface area (Å²) in [6, 6.07) is -0.849. The monoisotopic (exact) mass is 335 g/mol. The predicted octanol–water partition coefficient (Wildman–Crippen LogP) is 0.126. The molecule has 0 aromatic carbocycles. The number of carbonyl (C=O) groups is 2. The zero-order valence-corrected chi connectivity index (χ0v) is 11.9. The minimum absolute atomic E-state index is 0.224. The van der Waals surface area contributed by atoms with Crippen LogP contribution in [-0.4, -0.2) is 45.3 Å². The number of aliphatic hydroxyl groups is 1. The number of amides is 2. The minimum Gasteiger partial charge on any atom is -0.380 e. The van der Waals surface area contributed by atoms with E-state index in [1.807, 2.05) is 0 Å². The van der Waals surface area contributed by atoms with E-state index in [0.29, 0.717) is 0 Å². The first-order valence-electron chi connectivity index (χ1n) is 6.45. The van der Waals surface area contributed by atoms with Crippen molar-refractivity contribution in [2.45, 2.75) is 42.6 Å². The number of halogens is 3. The Morgan fingerprint density at radius 2 is 2.09 bits per heavy atom. The Hall–Kier alpha value is -1.68. The van der Waals surface area contributed by atoms with E-state index in [9.17, 15) is 27.9 Å². The second kappa shape index (κ2) is 4.66. The second-order valence-corrected chi connectivity index (χ2v) is 6.62. The van der Waals surface area contributed by atoms with Crippen LogP contribution >= 0.6 is 11.3 Å².